The van der Waals surface area contributed by atoms with Crippen molar-refractivity contribution < 1.29 is 0 Å². The van der Waals surface area contributed by atoms with Crippen LogP contribution in [0.5, 0.6) is 0 Å². The molecule has 0 amide bonds. The van der Waals surface area contributed by atoms with Gasteiger partial charge in [-0.05, 0) is 33.7 Å². The number of aryl methyl sites for hydroxylation is 1. The number of benzene rings is 2. The van der Waals surface area contributed by atoms with Gasteiger partial charge in [-0.2, -0.15) is 0 Å². The molecule has 0 bridgehead atoms. The van der Waals surface area contributed by atoms with Crippen molar-refractivity contribution >= 4 is 26.7 Å². The van der Waals surface area contributed by atoms with E-state index in [4.69, 9.17) is 0 Å². The van der Waals surface area contributed by atoms with Crippen LogP contribution in [0, 0.1) is 0 Å². The molecule has 2 rings (SSSR count). The second kappa shape index (κ2) is 4.81. The third kappa shape index (κ3) is 2.90. The summed E-state index contributed by atoms with van der Waals surface area (Å²) in [5.41, 5.74) is 3.03. The molecule has 0 saturated heterocycles. The highest BCUT2D eigenvalue weighted by Gasteiger charge is 2.13. The zero-order chi connectivity index (χ0) is 12.5. The van der Waals surface area contributed by atoms with Crippen LogP contribution in [-0.4, -0.2) is 5.33 Å². The van der Waals surface area contributed by atoms with E-state index in [0.29, 0.717) is 0 Å². The van der Waals surface area contributed by atoms with Gasteiger partial charge in [0.05, 0.1) is 0 Å². The Morgan fingerprint density at radius 1 is 0.941 bits per heavy atom. The highest BCUT2D eigenvalue weighted by atomic mass is 79.9. The minimum atomic E-state index is 0.225. The molecule has 0 atom stereocenters. The fraction of sp³-hybridized carbons (Fsp3) is 0.375. The van der Waals surface area contributed by atoms with Gasteiger partial charge in [-0.25, -0.2) is 0 Å². The summed E-state index contributed by atoms with van der Waals surface area (Å²) in [7, 11) is 0. The van der Waals surface area contributed by atoms with Crippen molar-refractivity contribution in [1.82, 2.24) is 0 Å². The molecule has 0 spiro atoms. The molecular weight excluding hydrogens is 272 g/mol. The van der Waals surface area contributed by atoms with Gasteiger partial charge in [0.15, 0.2) is 0 Å². The van der Waals surface area contributed by atoms with Crippen molar-refractivity contribution in [3.05, 3.63) is 47.5 Å². The van der Waals surface area contributed by atoms with Crippen molar-refractivity contribution in [2.24, 2.45) is 0 Å². The standard InChI is InChI=1S/C16H19Br/c1-16(2,3)15-7-6-13-10-12(8-9-17)4-5-14(13)11-15/h4-7,10-11H,8-9H2,1-3H3. The Balaban J connectivity index is 2.47. The van der Waals surface area contributed by atoms with Gasteiger partial charge in [0.2, 0.25) is 0 Å². The zero-order valence-electron chi connectivity index (χ0n) is 10.8. The predicted octanol–water partition coefficient (Wildman–Crippen LogP) is 5.07. The molecule has 0 fully saturated rings. The smallest absolute Gasteiger partial charge is 0.00718 e. The Hall–Kier alpha value is -0.820. The number of hydrogen-bond donors (Lipinski definition) is 0. The molecule has 0 unspecified atom stereocenters. The molecule has 0 aromatic heterocycles. The molecule has 0 saturated carbocycles. The maximum absolute atomic E-state index is 3.49. The molecule has 1 heteroatoms. The van der Waals surface area contributed by atoms with E-state index in [1.54, 1.807) is 0 Å². The summed E-state index contributed by atoms with van der Waals surface area (Å²) in [6.45, 7) is 6.77. The average molecular weight is 291 g/mol. The van der Waals surface area contributed by atoms with Crippen molar-refractivity contribution in [3.8, 4) is 0 Å². The van der Waals surface area contributed by atoms with Gasteiger partial charge in [-0.3, -0.25) is 0 Å². The van der Waals surface area contributed by atoms with Crippen LogP contribution in [0.3, 0.4) is 0 Å². The van der Waals surface area contributed by atoms with Crippen molar-refractivity contribution in [1.29, 1.82) is 0 Å². The summed E-state index contributed by atoms with van der Waals surface area (Å²) in [4.78, 5) is 0. The van der Waals surface area contributed by atoms with Gasteiger partial charge in [0.25, 0.3) is 0 Å². The van der Waals surface area contributed by atoms with Gasteiger partial charge in [0, 0.05) is 5.33 Å². The quantitative estimate of drug-likeness (QED) is 0.677. The van der Waals surface area contributed by atoms with Crippen molar-refractivity contribution in [2.45, 2.75) is 32.6 Å². The Kier molecular flexibility index (Phi) is 3.58. The van der Waals surface area contributed by atoms with Crippen LogP contribution < -0.4 is 0 Å². The van der Waals surface area contributed by atoms with Gasteiger partial charge in [0.1, 0.15) is 0 Å². The fourth-order valence-corrected chi connectivity index (χ4v) is 2.48. The second-order valence-corrected chi connectivity index (χ2v) is 6.38. The van der Waals surface area contributed by atoms with Crippen LogP contribution >= 0.6 is 15.9 Å². The largest absolute Gasteiger partial charge is 0.0924 e. The normalized spacial score (nSPS) is 12.0. The molecular formula is C16H19Br. The fourth-order valence-electron chi connectivity index (χ4n) is 2.03. The van der Waals surface area contributed by atoms with Crippen LogP contribution in [-0.2, 0) is 11.8 Å². The molecule has 0 aliphatic heterocycles. The van der Waals surface area contributed by atoms with Gasteiger partial charge in [-0.1, -0.05) is 73.1 Å². The van der Waals surface area contributed by atoms with E-state index in [2.05, 4.69) is 73.1 Å². The number of alkyl halides is 1. The first kappa shape index (κ1) is 12.6. The summed E-state index contributed by atoms with van der Waals surface area (Å²) < 4.78 is 0. The van der Waals surface area contributed by atoms with E-state index in [1.807, 2.05) is 0 Å². The minimum absolute atomic E-state index is 0.225. The maximum Gasteiger partial charge on any atom is 0.00718 e. The molecule has 0 aliphatic rings. The molecule has 2 aromatic carbocycles. The number of rotatable bonds is 2. The topological polar surface area (TPSA) is 0 Å². The van der Waals surface area contributed by atoms with Crippen LogP contribution in [0.1, 0.15) is 31.9 Å². The Labute approximate surface area is 112 Å². The van der Waals surface area contributed by atoms with Gasteiger partial charge in [-0.15, -0.1) is 0 Å². The van der Waals surface area contributed by atoms with Crippen LogP contribution in [0.4, 0.5) is 0 Å². The third-order valence-electron chi connectivity index (χ3n) is 3.15. The minimum Gasteiger partial charge on any atom is -0.0924 e. The first-order chi connectivity index (χ1) is 8.00. The second-order valence-electron chi connectivity index (χ2n) is 5.59. The van der Waals surface area contributed by atoms with E-state index in [-0.39, 0.29) is 5.41 Å². The molecule has 90 valence electrons. The van der Waals surface area contributed by atoms with Crippen LogP contribution in [0.25, 0.3) is 10.8 Å². The first-order valence-electron chi connectivity index (χ1n) is 6.10. The lowest BCUT2D eigenvalue weighted by atomic mass is 9.86. The number of halogens is 1. The third-order valence-corrected chi connectivity index (χ3v) is 3.55. The number of fused-ring (bicyclic) bond motifs is 1. The highest BCUT2D eigenvalue weighted by Crippen LogP contribution is 2.26. The molecule has 2 aromatic rings. The van der Waals surface area contributed by atoms with E-state index in [9.17, 15) is 0 Å². The monoisotopic (exact) mass is 290 g/mol. The maximum atomic E-state index is 3.49. The summed E-state index contributed by atoms with van der Waals surface area (Å²) in [5.74, 6) is 0. The lowest BCUT2D eigenvalue weighted by Crippen LogP contribution is -2.10. The Morgan fingerprint density at radius 3 is 2.24 bits per heavy atom. The summed E-state index contributed by atoms with van der Waals surface area (Å²) in [5, 5.41) is 3.71. The van der Waals surface area contributed by atoms with Gasteiger partial charge >= 0.3 is 0 Å². The summed E-state index contributed by atoms with van der Waals surface area (Å²) >= 11 is 3.49. The Morgan fingerprint density at radius 2 is 1.59 bits per heavy atom. The van der Waals surface area contributed by atoms with Crippen LogP contribution in [0.15, 0.2) is 36.4 Å². The van der Waals surface area contributed by atoms with E-state index in [1.165, 1.54) is 21.9 Å². The molecule has 0 heterocycles. The Bertz CT molecular complexity index is 521. The zero-order valence-corrected chi connectivity index (χ0v) is 12.3. The summed E-state index contributed by atoms with van der Waals surface area (Å²) in [6, 6.07) is 13.6. The van der Waals surface area contributed by atoms with E-state index in [0.717, 1.165) is 11.8 Å². The van der Waals surface area contributed by atoms with Gasteiger partial charge < -0.3 is 0 Å². The molecule has 17 heavy (non-hydrogen) atoms. The SMILES string of the molecule is CC(C)(C)c1ccc2cc(CCBr)ccc2c1. The van der Waals surface area contributed by atoms with Crippen molar-refractivity contribution in [3.63, 3.8) is 0 Å². The lowest BCUT2D eigenvalue weighted by Gasteiger charge is -2.19. The molecule has 0 aliphatic carbocycles. The predicted molar refractivity (Wildman–Crippen MR) is 80.1 cm³/mol. The van der Waals surface area contributed by atoms with Crippen molar-refractivity contribution in [2.75, 3.05) is 5.33 Å². The lowest BCUT2D eigenvalue weighted by molar-refractivity contribution is 0.591. The molecule has 0 N–H and O–H groups in total. The first-order valence-corrected chi connectivity index (χ1v) is 7.22. The molecule has 0 radical (unpaired) electrons. The summed E-state index contributed by atoms with van der Waals surface area (Å²) in [6.07, 6.45) is 1.09. The number of hydrogen-bond acceptors (Lipinski definition) is 0. The highest BCUT2D eigenvalue weighted by molar-refractivity contribution is 9.09. The average Bonchev–Trinajstić information content (AvgIpc) is 2.27. The van der Waals surface area contributed by atoms with E-state index < -0.39 is 0 Å². The molecule has 0 nitrogen and oxygen atoms in total. The van der Waals surface area contributed by atoms with E-state index >= 15 is 0 Å². The van der Waals surface area contributed by atoms with Crippen LogP contribution in [0.2, 0.25) is 0 Å².